The van der Waals surface area contributed by atoms with Crippen LogP contribution >= 0.6 is 15.9 Å². The molecule has 0 unspecified atom stereocenters. The third-order valence-corrected chi connectivity index (χ3v) is 4.24. The number of halogens is 1. The van der Waals surface area contributed by atoms with E-state index in [1.165, 1.54) is 18.4 Å². The monoisotopic (exact) mass is 303 g/mol. The lowest BCUT2D eigenvalue weighted by molar-refractivity contribution is 1.09. The van der Waals surface area contributed by atoms with Crippen LogP contribution in [0.4, 0.5) is 5.82 Å². The molecule has 18 heavy (non-hydrogen) atoms. The molecule has 0 atom stereocenters. The van der Waals surface area contributed by atoms with Gasteiger partial charge in [-0.05, 0) is 47.2 Å². The lowest BCUT2D eigenvalue weighted by atomic mass is 10.1. The Kier molecular flexibility index (Phi) is 2.82. The summed E-state index contributed by atoms with van der Waals surface area (Å²) in [6.45, 7) is 1.92. The van der Waals surface area contributed by atoms with Crippen molar-refractivity contribution < 1.29 is 0 Å². The summed E-state index contributed by atoms with van der Waals surface area (Å²) >= 11 is 3.37. The molecule has 1 aromatic heterocycles. The van der Waals surface area contributed by atoms with Crippen LogP contribution in [-0.2, 0) is 0 Å². The second-order valence-corrected chi connectivity index (χ2v) is 5.52. The molecule has 1 heterocycles. The zero-order chi connectivity index (χ0) is 12.7. The molecule has 92 valence electrons. The maximum absolute atomic E-state index is 5.85. The van der Waals surface area contributed by atoms with Crippen LogP contribution in [0, 0.1) is 6.92 Å². The summed E-state index contributed by atoms with van der Waals surface area (Å²) in [6.07, 6.45) is 2.64. The number of rotatable bonds is 2. The fourth-order valence-electron chi connectivity index (χ4n) is 2.03. The summed E-state index contributed by atoms with van der Waals surface area (Å²) in [5.41, 5.74) is 9.15. The highest BCUT2D eigenvalue weighted by Gasteiger charge is 2.23. The molecule has 1 aliphatic carbocycles. The maximum Gasteiger partial charge on any atom is 0.161 e. The quantitative estimate of drug-likeness (QED) is 0.921. The average Bonchev–Trinajstić information content (AvgIpc) is 3.20. The highest BCUT2D eigenvalue weighted by Crippen LogP contribution is 2.40. The van der Waals surface area contributed by atoms with E-state index in [1.54, 1.807) is 0 Å². The molecule has 3 nitrogen and oxygen atoms in total. The summed E-state index contributed by atoms with van der Waals surface area (Å²) in [5.74, 6) is 1.95. The maximum atomic E-state index is 5.85. The van der Waals surface area contributed by atoms with Gasteiger partial charge in [-0.1, -0.05) is 24.3 Å². The van der Waals surface area contributed by atoms with Gasteiger partial charge in [0.2, 0.25) is 0 Å². The number of hydrogen-bond donors (Lipinski definition) is 1. The molecule has 0 aliphatic heterocycles. The van der Waals surface area contributed by atoms with E-state index in [0.717, 1.165) is 21.6 Å². The molecule has 0 spiro atoms. The number of nitrogens with zero attached hydrogens (tertiary/aromatic N) is 2. The van der Waals surface area contributed by atoms with Crippen molar-refractivity contribution in [2.45, 2.75) is 25.7 Å². The van der Waals surface area contributed by atoms with Crippen LogP contribution in [0.5, 0.6) is 0 Å². The van der Waals surface area contributed by atoms with Gasteiger partial charge >= 0.3 is 0 Å². The summed E-state index contributed by atoms with van der Waals surface area (Å²) in [4.78, 5) is 8.77. The first-order chi connectivity index (χ1) is 8.65. The topological polar surface area (TPSA) is 51.8 Å². The summed E-state index contributed by atoms with van der Waals surface area (Å²) < 4.78 is 0.779. The van der Waals surface area contributed by atoms with E-state index in [-0.39, 0.29) is 0 Å². The lowest BCUT2D eigenvalue weighted by Gasteiger charge is -2.06. The van der Waals surface area contributed by atoms with E-state index in [9.17, 15) is 0 Å². The van der Waals surface area contributed by atoms with Crippen LogP contribution in [-0.4, -0.2) is 9.97 Å². The Hall–Kier alpha value is -1.42. The number of aryl methyl sites for hydroxylation is 1. The van der Waals surface area contributed by atoms with Crippen molar-refractivity contribution in [3.8, 4) is 11.4 Å². The molecule has 0 bridgehead atoms. The van der Waals surface area contributed by atoms with Crippen molar-refractivity contribution >= 4 is 21.7 Å². The van der Waals surface area contributed by atoms with Crippen molar-refractivity contribution in [1.29, 1.82) is 0 Å². The third-order valence-electron chi connectivity index (χ3n) is 3.26. The first kappa shape index (κ1) is 11.7. The standard InChI is InChI=1S/C14H14BrN3/c1-8-12(15)13(16)18-14(17-8)11-6-4-10(5-7-11)9-2-3-9/h4-7,9H,2-3H2,1H3,(H2,16,17,18). The van der Waals surface area contributed by atoms with Gasteiger partial charge in [-0.3, -0.25) is 0 Å². The SMILES string of the molecule is Cc1nc(-c2ccc(C3CC3)cc2)nc(N)c1Br. The average molecular weight is 304 g/mol. The van der Waals surface area contributed by atoms with Crippen molar-refractivity contribution in [1.82, 2.24) is 9.97 Å². The lowest BCUT2D eigenvalue weighted by Crippen LogP contribution is -2.00. The van der Waals surface area contributed by atoms with Crippen LogP contribution in [0.1, 0.15) is 30.0 Å². The Morgan fingerprint density at radius 1 is 1.17 bits per heavy atom. The van der Waals surface area contributed by atoms with Gasteiger partial charge in [-0.2, -0.15) is 0 Å². The largest absolute Gasteiger partial charge is 0.383 e. The second-order valence-electron chi connectivity index (χ2n) is 4.73. The summed E-state index contributed by atoms with van der Waals surface area (Å²) in [6, 6.07) is 8.50. The van der Waals surface area contributed by atoms with Gasteiger partial charge in [0.1, 0.15) is 5.82 Å². The first-order valence-electron chi connectivity index (χ1n) is 6.05. The number of nitrogen functional groups attached to an aromatic ring is 1. The minimum absolute atomic E-state index is 0.490. The number of aromatic nitrogens is 2. The molecule has 0 amide bonds. The van der Waals surface area contributed by atoms with E-state index in [1.807, 2.05) is 6.92 Å². The van der Waals surface area contributed by atoms with Crippen LogP contribution in [0.15, 0.2) is 28.7 Å². The highest BCUT2D eigenvalue weighted by atomic mass is 79.9. The fraction of sp³-hybridized carbons (Fsp3) is 0.286. The van der Waals surface area contributed by atoms with Gasteiger partial charge in [-0.15, -0.1) is 0 Å². The highest BCUT2D eigenvalue weighted by molar-refractivity contribution is 9.10. The molecule has 1 fully saturated rings. The predicted molar refractivity (Wildman–Crippen MR) is 76.3 cm³/mol. The van der Waals surface area contributed by atoms with Crippen molar-refractivity contribution in [3.63, 3.8) is 0 Å². The van der Waals surface area contributed by atoms with Crippen LogP contribution in [0.25, 0.3) is 11.4 Å². The molecule has 4 heteroatoms. The van der Waals surface area contributed by atoms with Crippen molar-refractivity contribution in [2.75, 3.05) is 5.73 Å². The molecule has 2 N–H and O–H groups in total. The van der Waals surface area contributed by atoms with E-state index in [2.05, 4.69) is 50.2 Å². The van der Waals surface area contributed by atoms with Crippen LogP contribution in [0.3, 0.4) is 0 Å². The number of benzene rings is 1. The number of anilines is 1. The zero-order valence-electron chi connectivity index (χ0n) is 10.2. The fourth-order valence-corrected chi connectivity index (χ4v) is 2.21. The Balaban J connectivity index is 1.98. The normalized spacial score (nSPS) is 14.8. The van der Waals surface area contributed by atoms with Gasteiger partial charge < -0.3 is 5.73 Å². The van der Waals surface area contributed by atoms with Gasteiger partial charge in [0.15, 0.2) is 5.82 Å². The zero-order valence-corrected chi connectivity index (χ0v) is 11.7. The Labute approximate surface area is 115 Å². The van der Waals surface area contributed by atoms with E-state index < -0.39 is 0 Å². The van der Waals surface area contributed by atoms with Gasteiger partial charge in [0.25, 0.3) is 0 Å². The Morgan fingerprint density at radius 3 is 2.39 bits per heavy atom. The summed E-state index contributed by atoms with van der Waals surface area (Å²) in [5, 5.41) is 0. The van der Waals surface area contributed by atoms with E-state index in [0.29, 0.717) is 11.6 Å². The molecule has 1 aliphatic rings. The molecule has 1 aromatic carbocycles. The van der Waals surface area contributed by atoms with E-state index >= 15 is 0 Å². The molecule has 0 saturated heterocycles. The van der Waals surface area contributed by atoms with Crippen LogP contribution in [0.2, 0.25) is 0 Å². The Morgan fingerprint density at radius 2 is 1.83 bits per heavy atom. The van der Waals surface area contributed by atoms with E-state index in [4.69, 9.17) is 5.73 Å². The second kappa shape index (κ2) is 4.35. The summed E-state index contributed by atoms with van der Waals surface area (Å²) in [7, 11) is 0. The minimum Gasteiger partial charge on any atom is -0.383 e. The molecule has 3 rings (SSSR count). The molecule has 0 radical (unpaired) electrons. The van der Waals surface area contributed by atoms with Gasteiger partial charge in [0, 0.05) is 5.56 Å². The van der Waals surface area contributed by atoms with Gasteiger partial charge in [-0.25, -0.2) is 9.97 Å². The molecular formula is C14H14BrN3. The van der Waals surface area contributed by atoms with Gasteiger partial charge in [0.05, 0.1) is 10.2 Å². The third kappa shape index (κ3) is 2.12. The van der Waals surface area contributed by atoms with Crippen molar-refractivity contribution in [2.24, 2.45) is 0 Å². The Bertz CT molecular complexity index is 565. The molecular weight excluding hydrogens is 290 g/mol. The molecule has 1 saturated carbocycles. The first-order valence-corrected chi connectivity index (χ1v) is 6.84. The number of hydrogen-bond acceptors (Lipinski definition) is 3. The van der Waals surface area contributed by atoms with Crippen LogP contribution < -0.4 is 5.73 Å². The smallest absolute Gasteiger partial charge is 0.161 e. The van der Waals surface area contributed by atoms with Crippen molar-refractivity contribution in [3.05, 3.63) is 40.0 Å². The molecule has 2 aromatic rings. The minimum atomic E-state index is 0.490. The number of nitrogens with two attached hydrogens (primary N) is 1. The predicted octanol–water partition coefficient (Wildman–Crippen LogP) is 3.67.